The first kappa shape index (κ1) is 26.4. The Morgan fingerprint density at radius 2 is 1.54 bits per heavy atom. The van der Waals surface area contributed by atoms with Crippen molar-refractivity contribution in [3.8, 4) is 0 Å². The van der Waals surface area contributed by atoms with Crippen LogP contribution in [0.25, 0.3) is 10.1 Å². The van der Waals surface area contributed by atoms with Crippen molar-refractivity contribution < 1.29 is 40.3 Å². The van der Waals surface area contributed by atoms with E-state index < -0.39 is 35.5 Å². The van der Waals surface area contributed by atoms with Gasteiger partial charge in [0, 0.05) is 15.8 Å². The standard InChI is InChI=1S/C21H13ClF7N3O2S/c1-10(31-32-17(33)16-15(22)13-4-2-3-5-14(13)35-16)11-6-8-12(9-7-11)30-18(34)19(23,24)20(25,26)21(27,28)29/h2-9H,1H3,(H,30,34)(H,32,33)/b31-10-. The van der Waals surface area contributed by atoms with Gasteiger partial charge in [-0.1, -0.05) is 41.9 Å². The van der Waals surface area contributed by atoms with Crippen molar-refractivity contribution in [1.82, 2.24) is 5.43 Å². The summed E-state index contributed by atoms with van der Waals surface area (Å²) in [7, 11) is 0. The smallest absolute Gasteiger partial charge is 0.321 e. The minimum absolute atomic E-state index is 0.221. The summed E-state index contributed by atoms with van der Waals surface area (Å²) in [5, 5.41) is 6.18. The Morgan fingerprint density at radius 3 is 2.11 bits per heavy atom. The van der Waals surface area contributed by atoms with E-state index in [1.165, 1.54) is 24.4 Å². The van der Waals surface area contributed by atoms with E-state index in [1.807, 2.05) is 0 Å². The molecule has 0 radical (unpaired) electrons. The maximum absolute atomic E-state index is 13.4. The van der Waals surface area contributed by atoms with Crippen LogP contribution in [0.4, 0.5) is 36.4 Å². The van der Waals surface area contributed by atoms with E-state index in [0.717, 1.165) is 28.2 Å². The van der Waals surface area contributed by atoms with Crippen molar-refractivity contribution >= 4 is 56.2 Å². The number of alkyl halides is 7. The molecule has 0 fully saturated rings. The molecule has 35 heavy (non-hydrogen) atoms. The van der Waals surface area contributed by atoms with Gasteiger partial charge in [-0.15, -0.1) is 11.3 Å². The number of nitrogens with one attached hydrogen (secondary N) is 2. The van der Waals surface area contributed by atoms with Gasteiger partial charge in [-0.05, 0) is 30.7 Å². The maximum atomic E-state index is 13.4. The Bertz CT molecular complexity index is 1300. The Labute approximate surface area is 201 Å². The van der Waals surface area contributed by atoms with Crippen LogP contribution in [-0.4, -0.2) is 35.5 Å². The summed E-state index contributed by atoms with van der Waals surface area (Å²) in [6.45, 7) is 1.47. The second kappa shape index (κ2) is 9.46. The zero-order valence-corrected chi connectivity index (χ0v) is 18.9. The number of rotatable bonds is 6. The van der Waals surface area contributed by atoms with Gasteiger partial charge in [-0.25, -0.2) is 5.43 Å². The molecule has 0 atom stereocenters. The molecule has 3 rings (SSSR count). The number of fused-ring (bicyclic) bond motifs is 1. The number of halogens is 8. The predicted octanol–water partition coefficient (Wildman–Crippen LogP) is 6.48. The second-order valence-electron chi connectivity index (χ2n) is 7.06. The lowest BCUT2D eigenvalue weighted by molar-refractivity contribution is -0.343. The molecule has 0 aliphatic carbocycles. The molecule has 0 spiro atoms. The van der Waals surface area contributed by atoms with E-state index >= 15 is 0 Å². The molecule has 0 saturated heterocycles. The molecule has 14 heteroatoms. The molecule has 3 aromatic rings. The first-order valence-corrected chi connectivity index (χ1v) is 10.6. The number of nitrogens with zero attached hydrogens (tertiary/aromatic N) is 1. The molecule has 0 aliphatic rings. The highest BCUT2D eigenvalue weighted by molar-refractivity contribution is 7.21. The Balaban J connectivity index is 1.69. The van der Waals surface area contributed by atoms with Crippen molar-refractivity contribution in [2.24, 2.45) is 5.10 Å². The number of thiophene rings is 1. The first-order valence-electron chi connectivity index (χ1n) is 9.42. The zero-order valence-electron chi connectivity index (χ0n) is 17.3. The number of anilines is 1. The zero-order chi connectivity index (χ0) is 26.2. The molecular weight excluding hydrogens is 527 g/mol. The molecule has 5 nitrogen and oxygen atoms in total. The summed E-state index contributed by atoms with van der Waals surface area (Å²) in [6, 6.07) is 11.5. The minimum Gasteiger partial charge on any atom is -0.321 e. The molecule has 0 bridgehead atoms. The van der Waals surface area contributed by atoms with E-state index in [2.05, 4.69) is 10.5 Å². The van der Waals surface area contributed by atoms with Crippen LogP contribution >= 0.6 is 22.9 Å². The summed E-state index contributed by atoms with van der Waals surface area (Å²) in [5.74, 6) is -16.0. The van der Waals surface area contributed by atoms with Crippen molar-refractivity contribution in [2.45, 2.75) is 24.9 Å². The fraction of sp³-hybridized carbons (Fsp3) is 0.190. The number of hydrogen-bond donors (Lipinski definition) is 2. The maximum Gasteiger partial charge on any atom is 0.460 e. The number of amides is 2. The molecule has 186 valence electrons. The average molecular weight is 540 g/mol. The van der Waals surface area contributed by atoms with Crippen LogP contribution in [0.3, 0.4) is 0 Å². The van der Waals surface area contributed by atoms with Crippen molar-refractivity contribution in [2.75, 3.05) is 5.32 Å². The Morgan fingerprint density at radius 1 is 0.943 bits per heavy atom. The molecule has 2 aromatic carbocycles. The quantitative estimate of drug-likeness (QED) is 0.214. The van der Waals surface area contributed by atoms with Crippen molar-refractivity contribution in [3.63, 3.8) is 0 Å². The van der Waals surface area contributed by atoms with Gasteiger partial charge in [0.1, 0.15) is 4.88 Å². The monoisotopic (exact) mass is 539 g/mol. The molecule has 2 amide bonds. The molecule has 0 aliphatic heterocycles. The number of hydrazone groups is 1. The molecule has 1 heterocycles. The fourth-order valence-corrected chi connectivity index (χ4v) is 4.14. The lowest BCUT2D eigenvalue weighted by Crippen LogP contribution is -2.57. The lowest BCUT2D eigenvalue weighted by atomic mass is 10.1. The average Bonchev–Trinajstić information content (AvgIpc) is 3.13. The third-order valence-electron chi connectivity index (χ3n) is 4.66. The van der Waals surface area contributed by atoms with E-state index in [9.17, 15) is 40.3 Å². The minimum atomic E-state index is -6.63. The molecule has 0 saturated carbocycles. The molecule has 1 aromatic heterocycles. The Kier molecular flexibility index (Phi) is 7.14. The van der Waals surface area contributed by atoms with Crippen molar-refractivity contribution in [1.29, 1.82) is 0 Å². The number of carbonyl (C=O) groups excluding carboxylic acids is 2. The summed E-state index contributed by atoms with van der Waals surface area (Å²) in [5.41, 5.74) is 2.39. The van der Waals surface area contributed by atoms with E-state index in [0.29, 0.717) is 10.9 Å². The van der Waals surface area contributed by atoms with Gasteiger partial charge in [-0.3, -0.25) is 9.59 Å². The van der Waals surface area contributed by atoms with Gasteiger partial charge in [0.2, 0.25) is 0 Å². The van der Waals surface area contributed by atoms with Gasteiger partial charge in [0.15, 0.2) is 0 Å². The van der Waals surface area contributed by atoms with Crippen LogP contribution in [-0.2, 0) is 4.79 Å². The van der Waals surface area contributed by atoms with Crippen LogP contribution in [0.15, 0.2) is 53.6 Å². The normalized spacial score (nSPS) is 13.1. The second-order valence-corrected chi connectivity index (χ2v) is 8.49. The van der Waals surface area contributed by atoms with Crippen LogP contribution in [0.5, 0.6) is 0 Å². The largest absolute Gasteiger partial charge is 0.460 e. The number of carbonyl (C=O) groups is 2. The SMILES string of the molecule is C/C(=N/NC(=O)c1sc2ccccc2c1Cl)c1ccc(NC(=O)C(F)(F)C(F)(F)C(F)(F)F)cc1. The summed E-state index contributed by atoms with van der Waals surface area (Å²) in [4.78, 5) is 24.1. The van der Waals surface area contributed by atoms with Gasteiger partial charge in [0.05, 0.1) is 10.7 Å². The molecule has 0 unspecified atom stereocenters. The van der Waals surface area contributed by atoms with Gasteiger partial charge >= 0.3 is 23.9 Å². The highest BCUT2D eigenvalue weighted by Crippen LogP contribution is 2.46. The highest BCUT2D eigenvalue weighted by atomic mass is 35.5. The van der Waals surface area contributed by atoms with E-state index in [-0.39, 0.29) is 15.6 Å². The van der Waals surface area contributed by atoms with Crippen LogP contribution in [0, 0.1) is 0 Å². The molecular formula is C21H13ClF7N3O2S. The third-order valence-corrected chi connectivity index (χ3v) is 6.34. The van der Waals surface area contributed by atoms with Crippen LogP contribution < -0.4 is 10.7 Å². The predicted molar refractivity (Wildman–Crippen MR) is 118 cm³/mol. The Hall–Kier alpha value is -3.19. The fourth-order valence-electron chi connectivity index (χ4n) is 2.73. The molecule has 2 N–H and O–H groups in total. The highest BCUT2D eigenvalue weighted by Gasteiger charge is 2.76. The van der Waals surface area contributed by atoms with Gasteiger partial charge in [-0.2, -0.15) is 35.8 Å². The number of hydrogen-bond acceptors (Lipinski definition) is 4. The number of benzene rings is 2. The van der Waals surface area contributed by atoms with E-state index in [1.54, 1.807) is 24.3 Å². The van der Waals surface area contributed by atoms with Crippen LogP contribution in [0.1, 0.15) is 22.2 Å². The first-order chi connectivity index (χ1) is 16.2. The third kappa shape index (κ3) is 5.10. The van der Waals surface area contributed by atoms with Crippen molar-refractivity contribution in [3.05, 3.63) is 64.0 Å². The summed E-state index contributed by atoms with van der Waals surface area (Å²) in [6.07, 6.45) is -6.63. The van der Waals surface area contributed by atoms with Gasteiger partial charge < -0.3 is 5.32 Å². The summed E-state index contributed by atoms with van der Waals surface area (Å²) < 4.78 is 90.3. The topological polar surface area (TPSA) is 70.6 Å². The van der Waals surface area contributed by atoms with E-state index in [4.69, 9.17) is 11.6 Å². The van der Waals surface area contributed by atoms with Gasteiger partial charge in [0.25, 0.3) is 5.91 Å². The van der Waals surface area contributed by atoms with Crippen LogP contribution in [0.2, 0.25) is 5.02 Å². The lowest BCUT2D eigenvalue weighted by Gasteiger charge is -2.27. The summed E-state index contributed by atoms with van der Waals surface area (Å²) >= 11 is 7.39.